The Labute approximate surface area is 139 Å². The highest BCUT2D eigenvalue weighted by atomic mass is 19.1. The molecule has 2 heterocycles. The normalized spacial score (nSPS) is 17.9. The van der Waals surface area contributed by atoms with Gasteiger partial charge in [0, 0.05) is 19.8 Å². The van der Waals surface area contributed by atoms with E-state index in [1.807, 2.05) is 6.92 Å². The highest BCUT2D eigenvalue weighted by Gasteiger charge is 2.32. The van der Waals surface area contributed by atoms with Gasteiger partial charge in [0.25, 0.3) is 5.91 Å². The van der Waals surface area contributed by atoms with Gasteiger partial charge in [-0.15, -0.1) is 0 Å². The number of carbonyl (C=O) groups excluding carboxylic acids is 2. The zero-order valence-electron chi connectivity index (χ0n) is 13.6. The van der Waals surface area contributed by atoms with Gasteiger partial charge >= 0.3 is 0 Å². The minimum atomic E-state index is -0.661. The Morgan fingerprint density at radius 2 is 2.21 bits per heavy atom. The van der Waals surface area contributed by atoms with Crippen LogP contribution in [0.5, 0.6) is 0 Å². The molecule has 1 aromatic heterocycles. The molecule has 1 N–H and O–H groups in total. The number of hydrogen-bond donors (Lipinski definition) is 1. The quantitative estimate of drug-likeness (QED) is 0.933. The maximum atomic E-state index is 14.1. The molecule has 0 unspecified atom stereocenters. The topological polar surface area (TPSA) is 67.2 Å². The lowest BCUT2D eigenvalue weighted by molar-refractivity contribution is -0.121. The fourth-order valence-electron chi connectivity index (χ4n) is 2.86. The summed E-state index contributed by atoms with van der Waals surface area (Å²) in [6.07, 6.45) is 4.26. The molecular weight excluding hydrogens is 311 g/mol. The van der Waals surface area contributed by atoms with Crippen LogP contribution in [0.25, 0.3) is 0 Å². The number of aromatic nitrogens is 2. The van der Waals surface area contributed by atoms with Crippen LogP contribution in [0.2, 0.25) is 0 Å². The summed E-state index contributed by atoms with van der Waals surface area (Å²) in [5.74, 6) is -1.08. The van der Waals surface area contributed by atoms with Crippen molar-refractivity contribution in [2.24, 2.45) is 7.05 Å². The molecule has 1 fully saturated rings. The van der Waals surface area contributed by atoms with Gasteiger partial charge < -0.3 is 10.2 Å². The van der Waals surface area contributed by atoms with E-state index in [-0.39, 0.29) is 17.5 Å². The van der Waals surface area contributed by atoms with E-state index in [9.17, 15) is 14.0 Å². The molecule has 3 rings (SSSR count). The molecule has 1 aliphatic rings. The summed E-state index contributed by atoms with van der Waals surface area (Å²) >= 11 is 0. The van der Waals surface area contributed by atoms with Crippen molar-refractivity contribution in [3.05, 3.63) is 47.5 Å². The molecule has 0 spiro atoms. The molecule has 0 saturated carbocycles. The molecule has 1 aromatic carbocycles. The molecule has 126 valence electrons. The molecule has 2 aromatic rings. The molecule has 24 heavy (non-hydrogen) atoms. The zero-order valence-corrected chi connectivity index (χ0v) is 13.6. The molecule has 0 radical (unpaired) electrons. The highest BCUT2D eigenvalue weighted by Crippen LogP contribution is 2.25. The van der Waals surface area contributed by atoms with Gasteiger partial charge in [-0.25, -0.2) is 4.39 Å². The molecule has 1 saturated heterocycles. The first kappa shape index (κ1) is 16.2. The number of hydrogen-bond acceptors (Lipinski definition) is 3. The van der Waals surface area contributed by atoms with Crippen LogP contribution in [0.3, 0.4) is 0 Å². The number of halogens is 1. The molecule has 1 atom stereocenters. The first-order chi connectivity index (χ1) is 11.5. The number of aryl methyl sites for hydroxylation is 2. The van der Waals surface area contributed by atoms with E-state index in [1.54, 1.807) is 25.4 Å². The van der Waals surface area contributed by atoms with Crippen LogP contribution in [0, 0.1) is 12.7 Å². The second kappa shape index (κ2) is 6.43. The van der Waals surface area contributed by atoms with Gasteiger partial charge in [-0.1, -0.05) is 6.07 Å². The SMILES string of the molecule is Cc1ccc(F)c(N2CCC[C@@H](NC(=O)c3cnn(C)c3)C2=O)c1. The lowest BCUT2D eigenvalue weighted by Crippen LogP contribution is -2.52. The molecule has 6 nitrogen and oxygen atoms in total. The summed E-state index contributed by atoms with van der Waals surface area (Å²) in [5, 5.41) is 6.67. The summed E-state index contributed by atoms with van der Waals surface area (Å²) in [6, 6.07) is 4.01. The van der Waals surface area contributed by atoms with Crippen LogP contribution < -0.4 is 10.2 Å². The summed E-state index contributed by atoms with van der Waals surface area (Å²) in [5.41, 5.74) is 1.53. The van der Waals surface area contributed by atoms with Crippen molar-refractivity contribution >= 4 is 17.5 Å². The Kier molecular flexibility index (Phi) is 4.33. The van der Waals surface area contributed by atoms with Crippen molar-refractivity contribution < 1.29 is 14.0 Å². The Bertz CT molecular complexity index is 787. The minimum Gasteiger partial charge on any atom is -0.340 e. The van der Waals surface area contributed by atoms with Gasteiger partial charge in [0.1, 0.15) is 11.9 Å². The van der Waals surface area contributed by atoms with Gasteiger partial charge in [-0.2, -0.15) is 5.10 Å². The Hall–Kier alpha value is -2.70. The average molecular weight is 330 g/mol. The summed E-state index contributed by atoms with van der Waals surface area (Å²) < 4.78 is 15.6. The van der Waals surface area contributed by atoms with Gasteiger partial charge in [0.2, 0.25) is 5.91 Å². The standard InChI is InChI=1S/C17H19FN4O2/c1-11-5-6-13(18)15(8-11)22-7-3-4-14(17(22)24)20-16(23)12-9-19-21(2)10-12/h5-6,8-10,14H,3-4,7H2,1-2H3,(H,20,23)/t14-/m1/s1. The summed E-state index contributed by atoms with van der Waals surface area (Å²) in [7, 11) is 1.71. The number of amides is 2. The van der Waals surface area contributed by atoms with Gasteiger partial charge in [-0.05, 0) is 37.5 Å². The van der Waals surface area contributed by atoms with Crippen LogP contribution in [0.15, 0.2) is 30.6 Å². The number of carbonyl (C=O) groups is 2. The summed E-state index contributed by atoms with van der Waals surface area (Å²) in [4.78, 5) is 26.3. The third kappa shape index (κ3) is 3.15. The third-order valence-electron chi connectivity index (χ3n) is 4.10. The maximum Gasteiger partial charge on any atom is 0.255 e. The molecule has 0 aliphatic carbocycles. The van der Waals surface area contributed by atoms with Crippen LogP contribution in [-0.4, -0.2) is 34.2 Å². The maximum absolute atomic E-state index is 14.1. The molecule has 1 aliphatic heterocycles. The van der Waals surface area contributed by atoms with Crippen molar-refractivity contribution in [3.8, 4) is 0 Å². The van der Waals surface area contributed by atoms with E-state index in [1.165, 1.54) is 21.8 Å². The first-order valence-corrected chi connectivity index (χ1v) is 7.83. The molecule has 0 bridgehead atoms. The molecular formula is C17H19FN4O2. The predicted molar refractivity (Wildman–Crippen MR) is 87.2 cm³/mol. The van der Waals surface area contributed by atoms with Crippen LogP contribution >= 0.6 is 0 Å². The van der Waals surface area contributed by atoms with Crippen molar-refractivity contribution in [2.75, 3.05) is 11.4 Å². The Morgan fingerprint density at radius 3 is 2.92 bits per heavy atom. The van der Waals surface area contributed by atoms with E-state index in [4.69, 9.17) is 0 Å². The Morgan fingerprint density at radius 1 is 1.42 bits per heavy atom. The van der Waals surface area contributed by atoms with Crippen LogP contribution in [0.1, 0.15) is 28.8 Å². The number of rotatable bonds is 3. The monoisotopic (exact) mass is 330 g/mol. The number of anilines is 1. The fraction of sp³-hybridized carbons (Fsp3) is 0.353. The first-order valence-electron chi connectivity index (χ1n) is 7.83. The van der Waals surface area contributed by atoms with E-state index in [2.05, 4.69) is 10.4 Å². The van der Waals surface area contributed by atoms with E-state index < -0.39 is 11.9 Å². The van der Waals surface area contributed by atoms with Gasteiger partial charge in [0.15, 0.2) is 0 Å². The minimum absolute atomic E-state index is 0.264. The largest absolute Gasteiger partial charge is 0.340 e. The second-order valence-corrected chi connectivity index (χ2v) is 6.02. The lowest BCUT2D eigenvalue weighted by Gasteiger charge is -2.33. The van der Waals surface area contributed by atoms with Crippen LogP contribution in [-0.2, 0) is 11.8 Å². The third-order valence-corrected chi connectivity index (χ3v) is 4.10. The van der Waals surface area contributed by atoms with E-state index in [0.717, 1.165) is 5.56 Å². The van der Waals surface area contributed by atoms with Crippen molar-refractivity contribution in [3.63, 3.8) is 0 Å². The average Bonchev–Trinajstić information content (AvgIpc) is 2.98. The number of nitrogens with zero attached hydrogens (tertiary/aromatic N) is 3. The van der Waals surface area contributed by atoms with Crippen molar-refractivity contribution in [1.82, 2.24) is 15.1 Å². The fourth-order valence-corrected chi connectivity index (χ4v) is 2.86. The van der Waals surface area contributed by atoms with Gasteiger partial charge in [-0.3, -0.25) is 14.3 Å². The predicted octanol–water partition coefficient (Wildman–Crippen LogP) is 1.79. The number of nitrogens with one attached hydrogen (secondary N) is 1. The lowest BCUT2D eigenvalue weighted by atomic mass is 10.0. The highest BCUT2D eigenvalue weighted by molar-refractivity contribution is 6.02. The smallest absolute Gasteiger partial charge is 0.255 e. The number of benzene rings is 1. The van der Waals surface area contributed by atoms with Crippen molar-refractivity contribution in [1.29, 1.82) is 0 Å². The van der Waals surface area contributed by atoms with E-state index in [0.29, 0.717) is 24.9 Å². The number of piperidine rings is 1. The van der Waals surface area contributed by atoms with E-state index >= 15 is 0 Å². The van der Waals surface area contributed by atoms with Crippen molar-refractivity contribution in [2.45, 2.75) is 25.8 Å². The van der Waals surface area contributed by atoms with Gasteiger partial charge in [0.05, 0.1) is 17.4 Å². The molecule has 7 heteroatoms. The second-order valence-electron chi connectivity index (χ2n) is 6.02. The summed E-state index contributed by atoms with van der Waals surface area (Å²) in [6.45, 7) is 2.29. The Balaban J connectivity index is 1.77. The zero-order chi connectivity index (χ0) is 17.3. The molecule has 2 amide bonds. The van der Waals surface area contributed by atoms with Crippen LogP contribution in [0.4, 0.5) is 10.1 Å².